The maximum atomic E-state index is 12.6. The molecule has 0 aromatic carbocycles. The van der Waals surface area contributed by atoms with Gasteiger partial charge in [0.1, 0.15) is 6.04 Å². The highest BCUT2D eigenvalue weighted by molar-refractivity contribution is 5.90. The number of carbonyl (C=O) groups is 2. The van der Waals surface area contributed by atoms with Gasteiger partial charge in [0.25, 0.3) is 0 Å². The van der Waals surface area contributed by atoms with Crippen LogP contribution >= 0.6 is 0 Å². The van der Waals surface area contributed by atoms with Crippen LogP contribution in [0.2, 0.25) is 0 Å². The molecule has 5 nitrogen and oxygen atoms in total. The maximum absolute atomic E-state index is 12.6. The fourth-order valence-corrected chi connectivity index (χ4v) is 3.17. The molecule has 1 unspecified atom stereocenters. The van der Waals surface area contributed by atoms with Crippen molar-refractivity contribution in [1.29, 1.82) is 0 Å². The van der Waals surface area contributed by atoms with Gasteiger partial charge < -0.3 is 15.5 Å². The number of hydrogen-bond acceptors (Lipinski definition) is 3. The summed E-state index contributed by atoms with van der Waals surface area (Å²) in [5, 5.41) is 5.80. The van der Waals surface area contributed by atoms with Gasteiger partial charge in [-0.05, 0) is 53.0 Å². The van der Waals surface area contributed by atoms with Crippen molar-refractivity contribution in [2.24, 2.45) is 0 Å². The first-order valence-corrected chi connectivity index (χ1v) is 7.34. The van der Waals surface area contributed by atoms with E-state index in [-0.39, 0.29) is 23.9 Å². The second-order valence-corrected chi connectivity index (χ2v) is 5.83. The van der Waals surface area contributed by atoms with Gasteiger partial charge in [0.2, 0.25) is 11.8 Å². The van der Waals surface area contributed by atoms with Gasteiger partial charge in [-0.3, -0.25) is 9.59 Å². The molecule has 0 radical (unpaired) electrons. The highest BCUT2D eigenvalue weighted by Crippen LogP contribution is 2.31. The Kier molecular flexibility index (Phi) is 4.45. The monoisotopic (exact) mass is 267 g/mol. The second-order valence-electron chi connectivity index (χ2n) is 5.83. The largest absolute Gasteiger partial charge is 0.343 e. The quantitative estimate of drug-likeness (QED) is 0.789. The molecule has 5 heteroatoms. The van der Waals surface area contributed by atoms with Gasteiger partial charge in [0.05, 0.1) is 6.04 Å². The minimum atomic E-state index is -0.339. The minimum absolute atomic E-state index is 0.0915. The first-order valence-electron chi connectivity index (χ1n) is 7.34. The van der Waals surface area contributed by atoms with E-state index in [4.69, 9.17) is 0 Å². The highest BCUT2D eigenvalue weighted by Gasteiger charge is 2.40. The zero-order valence-corrected chi connectivity index (χ0v) is 12.1. The number of nitrogens with one attached hydrogen (secondary N) is 2. The van der Waals surface area contributed by atoms with E-state index in [1.807, 2.05) is 4.90 Å². The van der Waals surface area contributed by atoms with Crippen LogP contribution in [0.25, 0.3) is 0 Å². The van der Waals surface area contributed by atoms with E-state index in [0.29, 0.717) is 12.1 Å². The summed E-state index contributed by atoms with van der Waals surface area (Å²) in [4.78, 5) is 26.5. The van der Waals surface area contributed by atoms with Crippen molar-refractivity contribution in [2.45, 2.75) is 70.1 Å². The summed E-state index contributed by atoms with van der Waals surface area (Å²) in [5.41, 5.74) is 0. The SMILES string of the molecule is CNC(C)C(=O)N[C@H]1CCC[C@H]2CC[C@@H](C)N2C1=O. The van der Waals surface area contributed by atoms with Gasteiger partial charge in [0.15, 0.2) is 0 Å². The van der Waals surface area contributed by atoms with Crippen LogP contribution in [0.15, 0.2) is 0 Å². The Morgan fingerprint density at radius 2 is 2.05 bits per heavy atom. The molecular weight excluding hydrogens is 242 g/mol. The maximum Gasteiger partial charge on any atom is 0.245 e. The van der Waals surface area contributed by atoms with Crippen LogP contribution in [0.4, 0.5) is 0 Å². The van der Waals surface area contributed by atoms with Crippen molar-refractivity contribution in [3.8, 4) is 0 Å². The van der Waals surface area contributed by atoms with Crippen molar-refractivity contribution in [1.82, 2.24) is 15.5 Å². The van der Waals surface area contributed by atoms with Gasteiger partial charge in [-0.1, -0.05) is 0 Å². The minimum Gasteiger partial charge on any atom is -0.343 e. The Balaban J connectivity index is 2.04. The molecule has 0 aromatic rings. The molecule has 2 aliphatic rings. The Bertz CT molecular complexity index is 359. The molecule has 0 aliphatic carbocycles. The smallest absolute Gasteiger partial charge is 0.245 e. The average Bonchev–Trinajstić information content (AvgIpc) is 2.68. The van der Waals surface area contributed by atoms with E-state index in [2.05, 4.69) is 17.6 Å². The van der Waals surface area contributed by atoms with E-state index in [1.54, 1.807) is 14.0 Å². The van der Waals surface area contributed by atoms with E-state index in [0.717, 1.165) is 32.1 Å². The number of carbonyl (C=O) groups excluding carboxylic acids is 2. The third kappa shape index (κ3) is 2.91. The van der Waals surface area contributed by atoms with E-state index < -0.39 is 0 Å². The first-order chi connectivity index (χ1) is 9.04. The zero-order chi connectivity index (χ0) is 14.0. The summed E-state index contributed by atoms with van der Waals surface area (Å²) >= 11 is 0. The molecular formula is C14H25N3O2. The van der Waals surface area contributed by atoms with Gasteiger partial charge in [-0.25, -0.2) is 0 Å². The lowest BCUT2D eigenvalue weighted by Crippen LogP contribution is -2.53. The normalized spacial score (nSPS) is 32.7. The van der Waals surface area contributed by atoms with Crippen molar-refractivity contribution in [3.63, 3.8) is 0 Å². The standard InChI is InChI=1S/C14H25N3O2/c1-9-7-8-11-5-4-6-12(14(19)17(9)11)16-13(18)10(2)15-3/h9-12,15H,4-8H2,1-3H3,(H,16,18)/t9-,10?,11+,12+/m1/s1. The van der Waals surface area contributed by atoms with Crippen LogP contribution in [0, 0.1) is 0 Å². The Labute approximate surface area is 115 Å². The molecule has 4 atom stereocenters. The second kappa shape index (κ2) is 5.90. The zero-order valence-electron chi connectivity index (χ0n) is 12.1. The average molecular weight is 267 g/mol. The lowest BCUT2D eigenvalue weighted by atomic mass is 10.1. The highest BCUT2D eigenvalue weighted by atomic mass is 16.2. The van der Waals surface area contributed by atoms with Crippen molar-refractivity contribution in [2.75, 3.05) is 7.05 Å². The third-order valence-corrected chi connectivity index (χ3v) is 4.51. The molecule has 0 saturated carbocycles. The summed E-state index contributed by atoms with van der Waals surface area (Å²) in [7, 11) is 1.75. The Hall–Kier alpha value is -1.10. The van der Waals surface area contributed by atoms with Crippen LogP contribution in [0.3, 0.4) is 0 Å². The van der Waals surface area contributed by atoms with Crippen molar-refractivity contribution < 1.29 is 9.59 Å². The van der Waals surface area contributed by atoms with Crippen LogP contribution < -0.4 is 10.6 Å². The molecule has 2 amide bonds. The fourth-order valence-electron chi connectivity index (χ4n) is 3.17. The molecule has 0 spiro atoms. The van der Waals surface area contributed by atoms with Crippen LogP contribution in [0.5, 0.6) is 0 Å². The van der Waals surface area contributed by atoms with Gasteiger partial charge in [-0.2, -0.15) is 0 Å². The molecule has 2 saturated heterocycles. The summed E-state index contributed by atoms with van der Waals surface area (Å²) in [6, 6.07) is 0.111. The van der Waals surface area contributed by atoms with E-state index >= 15 is 0 Å². The molecule has 2 fully saturated rings. The van der Waals surface area contributed by atoms with Gasteiger partial charge in [0, 0.05) is 12.1 Å². The van der Waals surface area contributed by atoms with Gasteiger partial charge >= 0.3 is 0 Å². The van der Waals surface area contributed by atoms with Crippen LogP contribution in [0.1, 0.15) is 46.0 Å². The number of amides is 2. The molecule has 2 heterocycles. The molecule has 2 N–H and O–H groups in total. The summed E-state index contributed by atoms with van der Waals surface area (Å²) < 4.78 is 0. The van der Waals surface area contributed by atoms with Crippen LogP contribution in [-0.2, 0) is 9.59 Å². The Morgan fingerprint density at radius 1 is 1.32 bits per heavy atom. The molecule has 2 rings (SSSR count). The van der Waals surface area contributed by atoms with Gasteiger partial charge in [-0.15, -0.1) is 0 Å². The molecule has 0 bridgehead atoms. The predicted octanol–water partition coefficient (Wildman–Crippen LogP) is 0.643. The van der Waals surface area contributed by atoms with E-state index in [1.165, 1.54) is 0 Å². The topological polar surface area (TPSA) is 61.4 Å². The number of fused-ring (bicyclic) bond motifs is 1. The molecule has 19 heavy (non-hydrogen) atoms. The number of hydrogen-bond donors (Lipinski definition) is 2. The summed E-state index contributed by atoms with van der Waals surface area (Å²) in [6.07, 6.45) is 5.05. The number of rotatable bonds is 3. The predicted molar refractivity (Wildman–Crippen MR) is 73.6 cm³/mol. The number of likely N-dealkylation sites (N-methyl/N-ethyl adjacent to an activating group) is 1. The summed E-state index contributed by atoms with van der Waals surface area (Å²) in [6.45, 7) is 3.91. The number of nitrogens with zero attached hydrogens (tertiary/aromatic N) is 1. The van der Waals surface area contributed by atoms with Crippen molar-refractivity contribution in [3.05, 3.63) is 0 Å². The lowest BCUT2D eigenvalue weighted by molar-refractivity contribution is -0.138. The molecule has 2 aliphatic heterocycles. The summed E-state index contributed by atoms with van der Waals surface area (Å²) in [5.74, 6) is 0.0234. The lowest BCUT2D eigenvalue weighted by Gasteiger charge is -2.29. The Morgan fingerprint density at radius 3 is 2.74 bits per heavy atom. The third-order valence-electron chi connectivity index (χ3n) is 4.51. The van der Waals surface area contributed by atoms with Crippen LogP contribution in [-0.4, -0.2) is 47.9 Å². The molecule has 0 aromatic heterocycles. The fraction of sp³-hybridized carbons (Fsp3) is 0.857. The first kappa shape index (κ1) is 14.3. The van der Waals surface area contributed by atoms with Crippen molar-refractivity contribution >= 4 is 11.8 Å². The van der Waals surface area contributed by atoms with E-state index in [9.17, 15) is 9.59 Å². The molecule has 108 valence electrons.